The molecule has 2 rings (SSSR count). The molecule has 6 heteroatoms. The average molecular weight is 258 g/mol. The molecule has 0 radical (unpaired) electrons. The molecule has 80 valence electrons. The van der Waals surface area contributed by atoms with Crippen LogP contribution in [0.5, 0.6) is 0 Å². The average Bonchev–Trinajstić information content (AvgIpc) is 2.64. The van der Waals surface area contributed by atoms with E-state index in [1.165, 1.54) is 16.7 Å². The van der Waals surface area contributed by atoms with Gasteiger partial charge in [-0.2, -0.15) is 0 Å². The van der Waals surface area contributed by atoms with Gasteiger partial charge in [0.05, 0.1) is 5.03 Å². The van der Waals surface area contributed by atoms with Crippen molar-refractivity contribution >= 4 is 46.0 Å². The number of hydrogen-bond acceptors (Lipinski definition) is 5. The summed E-state index contributed by atoms with van der Waals surface area (Å²) in [6, 6.07) is 0. The van der Waals surface area contributed by atoms with E-state index in [2.05, 4.69) is 0 Å². The molecule has 0 atom stereocenters. The van der Waals surface area contributed by atoms with Gasteiger partial charge in [0.25, 0.3) is 5.91 Å². The van der Waals surface area contributed by atoms with Crippen LogP contribution >= 0.6 is 35.7 Å². The Hall–Kier alpha value is -0.460. The van der Waals surface area contributed by atoms with Crippen LogP contribution in [0.3, 0.4) is 0 Å². The Morgan fingerprint density at radius 3 is 2.40 bits per heavy atom. The van der Waals surface area contributed by atoms with Crippen LogP contribution in [0, 0.1) is 0 Å². The number of amides is 1. The molecule has 1 fully saturated rings. The Balaban J connectivity index is 2.37. The summed E-state index contributed by atoms with van der Waals surface area (Å²) in [6.45, 7) is 2.02. The first-order chi connectivity index (χ1) is 7.02. The van der Waals surface area contributed by atoms with Crippen LogP contribution in [-0.4, -0.2) is 34.1 Å². The van der Waals surface area contributed by atoms with Gasteiger partial charge < -0.3 is 4.90 Å². The molecule has 0 saturated carbocycles. The van der Waals surface area contributed by atoms with E-state index in [-0.39, 0.29) is 5.91 Å². The number of likely N-dealkylation sites (N-methyl/N-ethyl adjacent to an activating group) is 1. The van der Waals surface area contributed by atoms with Gasteiger partial charge in [0.1, 0.15) is 9.23 Å². The lowest BCUT2D eigenvalue weighted by molar-refractivity contribution is -0.121. The van der Waals surface area contributed by atoms with Gasteiger partial charge in [0.2, 0.25) is 0 Å². The molecule has 2 heterocycles. The zero-order valence-electron chi connectivity index (χ0n) is 8.60. The topological polar surface area (TPSA) is 23.6 Å². The van der Waals surface area contributed by atoms with Gasteiger partial charge in [-0.25, -0.2) is 0 Å². The number of thiocarbonyl (C=S) groups is 1. The summed E-state index contributed by atoms with van der Waals surface area (Å²) in [5, 5.41) is 3.02. The molecule has 0 aromatic carbocycles. The maximum absolute atomic E-state index is 11.9. The van der Waals surface area contributed by atoms with Gasteiger partial charge in [0, 0.05) is 19.8 Å². The van der Waals surface area contributed by atoms with Gasteiger partial charge in [-0.3, -0.25) is 9.69 Å². The third-order valence-corrected chi connectivity index (χ3v) is 5.17. The Morgan fingerprint density at radius 1 is 1.33 bits per heavy atom. The second kappa shape index (κ2) is 3.84. The largest absolute Gasteiger partial charge is 0.341 e. The van der Waals surface area contributed by atoms with E-state index in [9.17, 15) is 4.79 Å². The Kier molecular flexibility index (Phi) is 2.83. The van der Waals surface area contributed by atoms with Crippen LogP contribution in [0.15, 0.2) is 21.0 Å². The van der Waals surface area contributed by atoms with E-state index >= 15 is 0 Å². The lowest BCUT2D eigenvalue weighted by atomic mass is 10.4. The molecule has 3 nitrogen and oxygen atoms in total. The van der Waals surface area contributed by atoms with Gasteiger partial charge >= 0.3 is 0 Å². The highest BCUT2D eigenvalue weighted by atomic mass is 32.2. The van der Waals surface area contributed by atoms with Crippen molar-refractivity contribution in [1.29, 1.82) is 0 Å². The standard InChI is InChI=1S/C9H10N2OS3/c1-5-4-14-8(10(5)2)6-7(12)11(3)9(13)15-6/h4H,1-3H3/b8-6+. The second-order valence-corrected chi connectivity index (χ2v) is 5.80. The van der Waals surface area contributed by atoms with E-state index in [4.69, 9.17) is 12.2 Å². The normalized spacial score (nSPS) is 26.7. The molecule has 0 N–H and O–H groups in total. The Bertz CT molecular complexity index is 414. The predicted molar refractivity (Wildman–Crippen MR) is 69.1 cm³/mol. The highest BCUT2D eigenvalue weighted by Crippen LogP contribution is 2.42. The number of carbonyl (C=O) groups excluding carboxylic acids is 1. The molecule has 2 aliphatic rings. The molecule has 0 spiro atoms. The van der Waals surface area contributed by atoms with Crippen molar-refractivity contribution in [2.75, 3.05) is 14.1 Å². The lowest BCUT2D eigenvalue weighted by Gasteiger charge is -2.15. The van der Waals surface area contributed by atoms with Gasteiger partial charge in [-0.05, 0) is 12.3 Å². The van der Waals surface area contributed by atoms with Crippen molar-refractivity contribution in [3.63, 3.8) is 0 Å². The number of carbonyl (C=O) groups is 1. The van der Waals surface area contributed by atoms with Gasteiger partial charge in [0.15, 0.2) is 0 Å². The summed E-state index contributed by atoms with van der Waals surface area (Å²) in [7, 11) is 3.68. The maximum atomic E-state index is 11.9. The lowest BCUT2D eigenvalue weighted by Crippen LogP contribution is -2.23. The fourth-order valence-corrected chi connectivity index (χ4v) is 3.62. The molecule has 1 saturated heterocycles. The molecular weight excluding hydrogens is 248 g/mol. The summed E-state index contributed by atoms with van der Waals surface area (Å²) in [5.41, 5.74) is 1.15. The molecular formula is C9H10N2OS3. The minimum atomic E-state index is 0.00227. The van der Waals surface area contributed by atoms with Crippen LogP contribution in [-0.2, 0) is 4.79 Å². The number of allylic oxidation sites excluding steroid dienone is 1. The summed E-state index contributed by atoms with van der Waals surface area (Å²) in [4.78, 5) is 16.1. The number of thioether (sulfide) groups is 2. The van der Waals surface area contributed by atoms with Crippen LogP contribution in [0.1, 0.15) is 6.92 Å². The van der Waals surface area contributed by atoms with E-state index < -0.39 is 0 Å². The smallest absolute Gasteiger partial charge is 0.268 e. The molecule has 0 aliphatic carbocycles. The summed E-state index contributed by atoms with van der Waals surface area (Å²) < 4.78 is 0.626. The Labute approximate surface area is 103 Å². The highest BCUT2D eigenvalue weighted by Gasteiger charge is 2.34. The minimum Gasteiger partial charge on any atom is -0.341 e. The van der Waals surface area contributed by atoms with E-state index in [0.29, 0.717) is 4.32 Å². The molecule has 0 aromatic heterocycles. The first kappa shape index (κ1) is 11.0. The van der Waals surface area contributed by atoms with Crippen LogP contribution < -0.4 is 0 Å². The number of nitrogens with zero attached hydrogens (tertiary/aromatic N) is 2. The minimum absolute atomic E-state index is 0.00227. The monoisotopic (exact) mass is 258 g/mol. The van der Waals surface area contributed by atoms with Crippen molar-refractivity contribution in [1.82, 2.24) is 9.80 Å². The molecule has 0 unspecified atom stereocenters. The SMILES string of the molecule is CC1=CS/C(=C2/SC(=S)N(C)C2=O)N1C. The van der Waals surface area contributed by atoms with Crippen LogP contribution in [0.25, 0.3) is 0 Å². The van der Waals surface area contributed by atoms with E-state index in [1.54, 1.807) is 18.8 Å². The predicted octanol–water partition coefficient (Wildman–Crippen LogP) is 2.19. The first-order valence-electron chi connectivity index (χ1n) is 4.33. The van der Waals surface area contributed by atoms with Gasteiger partial charge in [-0.1, -0.05) is 35.7 Å². The van der Waals surface area contributed by atoms with E-state index in [0.717, 1.165) is 15.6 Å². The molecule has 15 heavy (non-hydrogen) atoms. The van der Waals surface area contributed by atoms with Crippen molar-refractivity contribution < 1.29 is 4.79 Å². The van der Waals surface area contributed by atoms with Crippen LogP contribution in [0.2, 0.25) is 0 Å². The zero-order valence-corrected chi connectivity index (χ0v) is 11.1. The summed E-state index contributed by atoms with van der Waals surface area (Å²) in [6.07, 6.45) is 0. The van der Waals surface area contributed by atoms with Crippen molar-refractivity contribution in [2.45, 2.75) is 6.92 Å². The third-order valence-electron chi connectivity index (χ3n) is 2.33. The molecule has 1 amide bonds. The fourth-order valence-electron chi connectivity index (χ4n) is 1.24. The third kappa shape index (κ3) is 1.70. The molecule has 0 aromatic rings. The maximum Gasteiger partial charge on any atom is 0.268 e. The summed E-state index contributed by atoms with van der Waals surface area (Å²) in [5.74, 6) is 0.00227. The second-order valence-electron chi connectivity index (χ2n) is 3.30. The van der Waals surface area contributed by atoms with Gasteiger partial charge in [-0.15, -0.1) is 0 Å². The quantitative estimate of drug-likeness (QED) is 0.489. The number of rotatable bonds is 0. The molecule has 0 bridgehead atoms. The first-order valence-corrected chi connectivity index (χ1v) is 6.44. The van der Waals surface area contributed by atoms with Crippen molar-refractivity contribution in [2.24, 2.45) is 0 Å². The molecule has 2 aliphatic heterocycles. The van der Waals surface area contributed by atoms with Crippen molar-refractivity contribution in [3.8, 4) is 0 Å². The van der Waals surface area contributed by atoms with E-state index in [1.807, 2.05) is 24.3 Å². The Morgan fingerprint density at radius 2 is 2.00 bits per heavy atom. The number of hydrogen-bond donors (Lipinski definition) is 0. The zero-order chi connectivity index (χ0) is 11.2. The van der Waals surface area contributed by atoms with Crippen molar-refractivity contribution in [3.05, 3.63) is 21.0 Å². The fraction of sp³-hybridized carbons (Fsp3) is 0.333. The summed E-state index contributed by atoms with van der Waals surface area (Å²) >= 11 is 8.04. The van der Waals surface area contributed by atoms with Crippen LogP contribution in [0.4, 0.5) is 0 Å². The highest BCUT2D eigenvalue weighted by molar-refractivity contribution is 8.27.